The summed E-state index contributed by atoms with van der Waals surface area (Å²) in [5, 5.41) is 0. The number of hydrogen-bond acceptors (Lipinski definition) is 1. The predicted octanol–water partition coefficient (Wildman–Crippen LogP) is 3.87. The first-order valence-corrected chi connectivity index (χ1v) is 6.73. The summed E-state index contributed by atoms with van der Waals surface area (Å²) in [6, 6.07) is 10.1. The molecule has 3 unspecified atom stereocenters. The lowest BCUT2D eigenvalue weighted by molar-refractivity contribution is -0.123. The maximum absolute atomic E-state index is 12.2. The summed E-state index contributed by atoms with van der Waals surface area (Å²) < 4.78 is 0. The van der Waals surface area contributed by atoms with E-state index in [0.29, 0.717) is 24.0 Å². The smallest absolute Gasteiger partial charge is 0.140 e. The normalized spacial score (nSPS) is 28.9. The molecule has 0 heterocycles. The van der Waals surface area contributed by atoms with Gasteiger partial charge in [-0.25, -0.2) is 0 Å². The van der Waals surface area contributed by atoms with Gasteiger partial charge in [0.25, 0.3) is 0 Å². The van der Waals surface area contributed by atoms with Gasteiger partial charge in [-0.05, 0) is 36.7 Å². The van der Waals surface area contributed by atoms with Gasteiger partial charge in [-0.2, -0.15) is 0 Å². The zero-order valence-corrected chi connectivity index (χ0v) is 10.9. The highest BCUT2D eigenvalue weighted by Gasteiger charge is 2.28. The van der Waals surface area contributed by atoms with Crippen LogP contribution in [0.3, 0.4) is 0 Å². The van der Waals surface area contributed by atoms with E-state index in [2.05, 4.69) is 13.8 Å². The molecule has 0 N–H and O–H groups in total. The Morgan fingerprint density at radius 3 is 2.47 bits per heavy atom. The lowest BCUT2D eigenvalue weighted by Gasteiger charge is -2.31. The average molecular weight is 230 g/mol. The standard InChI is InChI=1S/C16H22O/c1-12-8-9-15(10-13(12)2)16(17)11-14-6-4-3-5-7-14/h3-7,12-13,15H,8-11H2,1-2H3. The zero-order valence-electron chi connectivity index (χ0n) is 10.9. The van der Waals surface area contributed by atoms with Crippen LogP contribution in [0, 0.1) is 17.8 Å². The summed E-state index contributed by atoms with van der Waals surface area (Å²) in [6.45, 7) is 4.59. The predicted molar refractivity (Wildman–Crippen MR) is 70.8 cm³/mol. The molecular weight excluding hydrogens is 208 g/mol. The van der Waals surface area contributed by atoms with Gasteiger partial charge in [-0.3, -0.25) is 4.79 Å². The van der Waals surface area contributed by atoms with Gasteiger partial charge >= 0.3 is 0 Å². The summed E-state index contributed by atoms with van der Waals surface area (Å²) in [6.07, 6.45) is 4.02. The quantitative estimate of drug-likeness (QED) is 0.770. The van der Waals surface area contributed by atoms with Gasteiger partial charge in [0.1, 0.15) is 5.78 Å². The molecular formula is C16H22O. The first kappa shape index (κ1) is 12.3. The van der Waals surface area contributed by atoms with Crippen LogP contribution in [-0.4, -0.2) is 5.78 Å². The first-order valence-electron chi connectivity index (χ1n) is 6.73. The summed E-state index contributed by atoms with van der Waals surface area (Å²) in [5.74, 6) is 2.24. The number of Topliss-reactive ketones (excluding diaryl/α,β-unsaturated/α-hetero) is 1. The lowest BCUT2D eigenvalue weighted by Crippen LogP contribution is -2.27. The maximum atomic E-state index is 12.2. The maximum Gasteiger partial charge on any atom is 0.140 e. The Hall–Kier alpha value is -1.11. The highest BCUT2D eigenvalue weighted by atomic mass is 16.1. The lowest BCUT2D eigenvalue weighted by atomic mass is 9.73. The minimum absolute atomic E-state index is 0.307. The molecule has 92 valence electrons. The van der Waals surface area contributed by atoms with Gasteiger partial charge in [0.05, 0.1) is 0 Å². The second kappa shape index (κ2) is 5.48. The number of rotatable bonds is 3. The van der Waals surface area contributed by atoms with E-state index in [1.54, 1.807) is 0 Å². The van der Waals surface area contributed by atoms with Crippen LogP contribution >= 0.6 is 0 Å². The Bertz CT molecular complexity index is 368. The number of benzene rings is 1. The highest BCUT2D eigenvalue weighted by molar-refractivity contribution is 5.83. The largest absolute Gasteiger partial charge is 0.299 e. The van der Waals surface area contributed by atoms with Crippen molar-refractivity contribution in [3.63, 3.8) is 0 Å². The summed E-state index contributed by atoms with van der Waals surface area (Å²) in [7, 11) is 0. The fourth-order valence-electron chi connectivity index (χ4n) is 2.78. The topological polar surface area (TPSA) is 17.1 Å². The van der Waals surface area contributed by atoms with Gasteiger partial charge < -0.3 is 0 Å². The summed E-state index contributed by atoms with van der Waals surface area (Å²) >= 11 is 0. The molecule has 0 aromatic heterocycles. The van der Waals surface area contributed by atoms with E-state index in [1.807, 2.05) is 30.3 Å². The highest BCUT2D eigenvalue weighted by Crippen LogP contribution is 2.34. The molecule has 0 bridgehead atoms. The van der Waals surface area contributed by atoms with E-state index >= 15 is 0 Å². The van der Waals surface area contributed by atoms with E-state index in [0.717, 1.165) is 24.3 Å². The van der Waals surface area contributed by atoms with E-state index < -0.39 is 0 Å². The molecule has 1 saturated carbocycles. The average Bonchev–Trinajstić information content (AvgIpc) is 2.34. The molecule has 1 aromatic rings. The van der Waals surface area contributed by atoms with Crippen molar-refractivity contribution in [2.75, 3.05) is 0 Å². The van der Waals surface area contributed by atoms with E-state index in [4.69, 9.17) is 0 Å². The first-order chi connectivity index (χ1) is 8.16. The molecule has 1 nitrogen and oxygen atoms in total. The van der Waals surface area contributed by atoms with Crippen molar-refractivity contribution >= 4 is 5.78 Å². The fourth-order valence-corrected chi connectivity index (χ4v) is 2.78. The molecule has 3 atom stereocenters. The molecule has 1 heteroatoms. The Labute approximate surface area is 104 Å². The number of carbonyl (C=O) groups excluding carboxylic acids is 1. The Balaban J connectivity index is 1.93. The van der Waals surface area contributed by atoms with Crippen molar-refractivity contribution in [3.05, 3.63) is 35.9 Å². The second-order valence-corrected chi connectivity index (χ2v) is 5.59. The molecule has 0 spiro atoms. The molecule has 0 saturated heterocycles. The summed E-state index contributed by atoms with van der Waals surface area (Å²) in [4.78, 5) is 12.2. The number of carbonyl (C=O) groups is 1. The number of ketones is 1. The van der Waals surface area contributed by atoms with Crippen LogP contribution < -0.4 is 0 Å². The van der Waals surface area contributed by atoms with Gasteiger partial charge in [0.2, 0.25) is 0 Å². The molecule has 1 fully saturated rings. The molecule has 0 radical (unpaired) electrons. The monoisotopic (exact) mass is 230 g/mol. The third-order valence-electron chi connectivity index (χ3n) is 4.27. The van der Waals surface area contributed by atoms with Gasteiger partial charge in [0, 0.05) is 12.3 Å². The SMILES string of the molecule is CC1CCC(C(=O)Cc2ccccc2)CC1C. The van der Waals surface area contributed by atoms with Crippen molar-refractivity contribution in [1.82, 2.24) is 0 Å². The third-order valence-corrected chi connectivity index (χ3v) is 4.27. The van der Waals surface area contributed by atoms with Gasteiger partial charge in [-0.15, -0.1) is 0 Å². The van der Waals surface area contributed by atoms with Crippen molar-refractivity contribution in [3.8, 4) is 0 Å². The van der Waals surface area contributed by atoms with E-state index in [-0.39, 0.29) is 0 Å². The number of hydrogen-bond donors (Lipinski definition) is 0. The molecule has 1 aliphatic rings. The van der Waals surface area contributed by atoms with Crippen LogP contribution in [0.1, 0.15) is 38.7 Å². The molecule has 0 amide bonds. The fraction of sp³-hybridized carbons (Fsp3) is 0.562. The van der Waals surface area contributed by atoms with E-state index in [1.165, 1.54) is 6.42 Å². The minimum atomic E-state index is 0.307. The third kappa shape index (κ3) is 3.18. The van der Waals surface area contributed by atoms with Crippen LogP contribution in [0.2, 0.25) is 0 Å². The minimum Gasteiger partial charge on any atom is -0.299 e. The molecule has 0 aliphatic heterocycles. The Morgan fingerprint density at radius 1 is 1.12 bits per heavy atom. The summed E-state index contributed by atoms with van der Waals surface area (Å²) in [5.41, 5.74) is 1.16. The Morgan fingerprint density at radius 2 is 1.82 bits per heavy atom. The van der Waals surface area contributed by atoms with Crippen LogP contribution in [0.15, 0.2) is 30.3 Å². The van der Waals surface area contributed by atoms with Crippen LogP contribution in [0.4, 0.5) is 0 Å². The van der Waals surface area contributed by atoms with Crippen molar-refractivity contribution in [2.45, 2.75) is 39.5 Å². The molecule has 1 aliphatic carbocycles. The van der Waals surface area contributed by atoms with Crippen LogP contribution in [0.25, 0.3) is 0 Å². The van der Waals surface area contributed by atoms with E-state index in [9.17, 15) is 4.79 Å². The van der Waals surface area contributed by atoms with Gasteiger partial charge in [-0.1, -0.05) is 44.2 Å². The van der Waals surface area contributed by atoms with Crippen LogP contribution in [0.5, 0.6) is 0 Å². The molecule has 2 rings (SSSR count). The molecule has 17 heavy (non-hydrogen) atoms. The van der Waals surface area contributed by atoms with Crippen molar-refractivity contribution < 1.29 is 4.79 Å². The molecule has 1 aromatic carbocycles. The Kier molecular flexibility index (Phi) is 3.98. The van der Waals surface area contributed by atoms with Gasteiger partial charge in [0.15, 0.2) is 0 Å². The van der Waals surface area contributed by atoms with Crippen LogP contribution in [-0.2, 0) is 11.2 Å². The van der Waals surface area contributed by atoms with Crippen molar-refractivity contribution in [2.24, 2.45) is 17.8 Å². The van der Waals surface area contributed by atoms with Crippen molar-refractivity contribution in [1.29, 1.82) is 0 Å². The second-order valence-electron chi connectivity index (χ2n) is 5.59. The zero-order chi connectivity index (χ0) is 12.3.